The van der Waals surface area contributed by atoms with Crippen LogP contribution in [0.3, 0.4) is 0 Å². The topological polar surface area (TPSA) is 120 Å². The summed E-state index contributed by atoms with van der Waals surface area (Å²) in [5, 5.41) is 0. The first kappa shape index (κ1) is 32.6. The molecule has 27 heavy (non-hydrogen) atoms. The van der Waals surface area contributed by atoms with E-state index < -0.39 is 29.1 Å². The molecule has 0 aliphatic heterocycles. The summed E-state index contributed by atoms with van der Waals surface area (Å²) in [4.78, 5) is 19.4. The number of rotatable bonds is 7. The number of aryl methyl sites for hydroxylation is 1. The minimum Gasteiger partial charge on any atom is -0.810 e. The van der Waals surface area contributed by atoms with Crippen molar-refractivity contribution in [1.82, 2.24) is 0 Å². The average Bonchev–Trinajstić information content (AvgIpc) is 2.50. The van der Waals surface area contributed by atoms with E-state index in [1.165, 1.54) is 0 Å². The molecular formula is C16H16K3O6PS. The second kappa shape index (κ2) is 15.3. The van der Waals surface area contributed by atoms with E-state index in [0.717, 1.165) is 16.7 Å². The molecule has 0 aliphatic carbocycles. The van der Waals surface area contributed by atoms with Gasteiger partial charge in [-0.1, -0.05) is 62.2 Å². The molecule has 6 nitrogen and oxygen atoms in total. The van der Waals surface area contributed by atoms with Gasteiger partial charge in [0.2, 0.25) is 0 Å². The normalized spacial score (nSPS) is 12.1. The van der Waals surface area contributed by atoms with E-state index in [1.54, 1.807) is 0 Å². The molecule has 0 saturated carbocycles. The van der Waals surface area contributed by atoms with Crippen LogP contribution in [0.15, 0.2) is 54.6 Å². The van der Waals surface area contributed by atoms with E-state index in [0.29, 0.717) is 6.42 Å². The first-order chi connectivity index (χ1) is 11.2. The van der Waals surface area contributed by atoms with Gasteiger partial charge in [0.1, 0.15) is 10.1 Å². The van der Waals surface area contributed by atoms with Gasteiger partial charge in [0.15, 0.2) is 0 Å². The molecule has 0 fully saturated rings. The second-order valence-corrected chi connectivity index (χ2v) is 9.05. The number of hydrogen-bond donors (Lipinski definition) is 0. The molecule has 0 N–H and O–H groups in total. The Morgan fingerprint density at radius 2 is 1.33 bits per heavy atom. The van der Waals surface area contributed by atoms with Gasteiger partial charge in [-0.15, -0.1) is 0 Å². The van der Waals surface area contributed by atoms with Crippen LogP contribution in [0.5, 0.6) is 0 Å². The maximum atomic E-state index is 10.9. The third kappa shape index (κ3) is 11.7. The molecule has 0 heterocycles. The SMILES string of the molecule is O=P([O-])([O-])[C@@H](CCCc1ccc(-c2ccccc2)cc1)S(=O)(=O)[O-].[K+].[K+].[K+]. The van der Waals surface area contributed by atoms with E-state index in [1.807, 2.05) is 54.6 Å². The van der Waals surface area contributed by atoms with Gasteiger partial charge in [0.25, 0.3) is 0 Å². The van der Waals surface area contributed by atoms with E-state index in [4.69, 9.17) is 0 Å². The Hall–Kier alpha value is 3.41. The minimum absolute atomic E-state index is 0. The van der Waals surface area contributed by atoms with Crippen LogP contribution in [0.4, 0.5) is 0 Å². The van der Waals surface area contributed by atoms with Gasteiger partial charge in [-0.05, 0) is 36.0 Å². The van der Waals surface area contributed by atoms with E-state index in [9.17, 15) is 27.3 Å². The van der Waals surface area contributed by atoms with Crippen LogP contribution >= 0.6 is 7.60 Å². The molecular weight excluding hydrogens is 469 g/mol. The summed E-state index contributed by atoms with van der Waals surface area (Å²) in [5.74, 6) is 0. The van der Waals surface area contributed by atoms with E-state index >= 15 is 0 Å². The molecule has 0 radical (unpaired) electrons. The predicted octanol–water partition coefficient (Wildman–Crippen LogP) is -7.53. The van der Waals surface area contributed by atoms with Crippen LogP contribution in [-0.4, -0.2) is 18.0 Å². The molecule has 0 unspecified atom stereocenters. The van der Waals surface area contributed by atoms with Crippen LogP contribution in [0.1, 0.15) is 18.4 Å². The Kier molecular flexibility index (Phi) is 18.4. The van der Waals surface area contributed by atoms with Gasteiger partial charge in [0, 0.05) is 0 Å². The van der Waals surface area contributed by atoms with Gasteiger partial charge in [-0.3, -0.25) is 0 Å². The first-order valence-electron chi connectivity index (χ1n) is 7.29. The third-order valence-electron chi connectivity index (χ3n) is 3.66. The zero-order valence-electron chi connectivity index (χ0n) is 15.7. The Labute approximate surface area is 287 Å². The third-order valence-corrected chi connectivity index (χ3v) is 7.08. The standard InChI is InChI=1S/C16H19O6PS.3K/c17-23(18,19)16(24(20,21)22)8-4-5-13-9-11-15(12-10-13)14-6-2-1-3-7-14;;;/h1-3,6-7,9-12,16H,4-5,8H2,(H2,17,18,19)(H,20,21,22);;;/q;3*+1/p-3/t16-;;;/m1.../s1. The van der Waals surface area contributed by atoms with Crippen molar-refractivity contribution in [2.75, 3.05) is 0 Å². The summed E-state index contributed by atoms with van der Waals surface area (Å²) >= 11 is 0. The van der Waals surface area contributed by atoms with Gasteiger partial charge in [-0.25, -0.2) is 8.42 Å². The maximum Gasteiger partial charge on any atom is 1.00 e. The van der Waals surface area contributed by atoms with Crippen molar-refractivity contribution in [3.05, 3.63) is 60.2 Å². The molecule has 0 spiro atoms. The monoisotopic (exact) mass is 484 g/mol. The Bertz CT molecular complexity index is 825. The van der Waals surface area contributed by atoms with Crippen LogP contribution in [0, 0.1) is 0 Å². The molecule has 1 atom stereocenters. The number of benzene rings is 2. The molecule has 0 amide bonds. The van der Waals surface area contributed by atoms with Gasteiger partial charge in [0.05, 0.1) is 4.99 Å². The van der Waals surface area contributed by atoms with Crippen LogP contribution in [0.25, 0.3) is 11.1 Å². The van der Waals surface area contributed by atoms with Crippen molar-refractivity contribution in [3.8, 4) is 11.1 Å². The molecule has 0 aromatic heterocycles. The summed E-state index contributed by atoms with van der Waals surface area (Å²) in [6.45, 7) is 0. The Balaban J connectivity index is 0. The smallest absolute Gasteiger partial charge is 0.810 e. The summed E-state index contributed by atoms with van der Waals surface area (Å²) in [5.41, 5.74) is 2.94. The van der Waals surface area contributed by atoms with Gasteiger partial charge in [-0.2, -0.15) is 0 Å². The van der Waals surface area contributed by atoms with E-state index in [-0.39, 0.29) is 161 Å². The maximum absolute atomic E-state index is 10.9. The first-order valence-corrected chi connectivity index (χ1v) is 10.4. The van der Waals surface area contributed by atoms with Crippen molar-refractivity contribution < 1.29 is 181 Å². The molecule has 130 valence electrons. The molecule has 2 aromatic carbocycles. The van der Waals surface area contributed by atoms with Crippen molar-refractivity contribution in [2.24, 2.45) is 0 Å². The van der Waals surface area contributed by atoms with Crippen molar-refractivity contribution in [1.29, 1.82) is 0 Å². The second-order valence-electron chi connectivity index (χ2n) is 5.44. The largest absolute Gasteiger partial charge is 1.00 e. The average molecular weight is 485 g/mol. The zero-order valence-corrected chi connectivity index (χ0v) is 26.8. The van der Waals surface area contributed by atoms with Gasteiger partial charge >= 0.3 is 154 Å². The summed E-state index contributed by atoms with van der Waals surface area (Å²) < 4.78 is 43.6. The summed E-state index contributed by atoms with van der Waals surface area (Å²) in [6, 6.07) is 17.2. The molecule has 0 aliphatic rings. The van der Waals surface area contributed by atoms with Crippen molar-refractivity contribution in [3.63, 3.8) is 0 Å². The molecule has 2 rings (SSSR count). The quantitative estimate of drug-likeness (QED) is 0.219. The predicted molar refractivity (Wildman–Crippen MR) is 85.9 cm³/mol. The molecule has 11 heteroatoms. The fourth-order valence-corrected chi connectivity index (χ4v) is 4.65. The van der Waals surface area contributed by atoms with E-state index in [2.05, 4.69) is 0 Å². The summed E-state index contributed by atoms with van der Waals surface area (Å²) in [7, 11) is -10.6. The minimum atomic E-state index is -5.47. The molecule has 0 saturated heterocycles. The zero-order chi connectivity index (χ0) is 17.8. The summed E-state index contributed by atoms with van der Waals surface area (Å²) in [6.07, 6.45) is 0.00290. The van der Waals surface area contributed by atoms with Gasteiger partial charge < -0.3 is 18.9 Å². The fourth-order valence-electron chi connectivity index (χ4n) is 2.44. The molecule has 2 aromatic rings. The number of hydrogen-bond acceptors (Lipinski definition) is 6. The van der Waals surface area contributed by atoms with Crippen LogP contribution in [0.2, 0.25) is 0 Å². The molecule has 0 bridgehead atoms. The Morgan fingerprint density at radius 3 is 1.78 bits per heavy atom. The fraction of sp³-hybridized carbons (Fsp3) is 0.250. The Morgan fingerprint density at radius 1 is 0.852 bits per heavy atom. The van der Waals surface area contributed by atoms with Crippen molar-refractivity contribution >= 4 is 17.7 Å². The van der Waals surface area contributed by atoms with Crippen LogP contribution in [-0.2, 0) is 21.1 Å². The van der Waals surface area contributed by atoms with Crippen molar-refractivity contribution in [2.45, 2.75) is 24.3 Å². The van der Waals surface area contributed by atoms with Crippen LogP contribution < -0.4 is 164 Å².